The summed E-state index contributed by atoms with van der Waals surface area (Å²) in [6.07, 6.45) is -0.185. The molecule has 0 spiro atoms. The first-order chi connectivity index (χ1) is 11.7. The number of hydrogen-bond donors (Lipinski definition) is 0. The summed E-state index contributed by atoms with van der Waals surface area (Å²) < 4.78 is 6.89. The molecule has 1 heterocycles. The van der Waals surface area contributed by atoms with Gasteiger partial charge in [0.05, 0.1) is 0 Å². The Labute approximate surface area is 156 Å². The molecule has 1 saturated heterocycles. The van der Waals surface area contributed by atoms with Gasteiger partial charge in [0.25, 0.3) is 0 Å². The first-order valence-electron chi connectivity index (χ1n) is 8.07. The van der Waals surface area contributed by atoms with Gasteiger partial charge < -0.3 is 0 Å². The predicted octanol–water partition coefficient (Wildman–Crippen LogP) is 3.22. The predicted molar refractivity (Wildman–Crippen MR) is 98.9 cm³/mol. The molecule has 0 aromatic heterocycles. The Kier molecular flexibility index (Phi) is 4.66. The number of carbonyl (C=O) groups is 1. The molecule has 4 rings (SSSR count). The van der Waals surface area contributed by atoms with Crippen LogP contribution in [-0.4, -0.2) is 43.4 Å². The summed E-state index contributed by atoms with van der Waals surface area (Å²) in [7, 11) is 0. The fraction of sp³-hybridized carbons (Fsp3) is 0.316. The summed E-state index contributed by atoms with van der Waals surface area (Å²) in [6.45, 7) is 1.18. The average Bonchev–Trinajstić information content (AvgIpc) is 2.60. The van der Waals surface area contributed by atoms with Crippen molar-refractivity contribution in [1.29, 1.82) is 0 Å². The van der Waals surface area contributed by atoms with Crippen LogP contribution >= 0.6 is 15.9 Å². The second kappa shape index (κ2) is 6.91. The van der Waals surface area contributed by atoms with Gasteiger partial charge in [0.1, 0.15) is 0 Å². The molecule has 0 bridgehead atoms. The zero-order chi connectivity index (χ0) is 16.5. The minimum atomic E-state index is -0.185. The second-order valence-electron chi connectivity index (χ2n) is 6.19. The summed E-state index contributed by atoms with van der Waals surface area (Å²) in [5, 5.41) is 0. The van der Waals surface area contributed by atoms with Gasteiger partial charge in [0.15, 0.2) is 0 Å². The molecule has 2 fully saturated rings. The fourth-order valence-electron chi connectivity index (χ4n) is 3.35. The first-order valence-corrected chi connectivity index (χ1v) is 10.8. The number of halogens is 1. The second-order valence-corrected chi connectivity index (χ2v) is 9.87. The molecule has 124 valence electrons. The number of nitrogens with zero attached hydrogens (tertiary/aromatic N) is 1. The Balaban J connectivity index is 1.29. The van der Waals surface area contributed by atoms with E-state index in [9.17, 15) is 4.79 Å². The Morgan fingerprint density at radius 1 is 1.12 bits per heavy atom. The summed E-state index contributed by atoms with van der Waals surface area (Å²) in [4.78, 5) is 15.2. The van der Waals surface area contributed by atoms with Crippen molar-refractivity contribution in [3.05, 3.63) is 66.2 Å². The van der Waals surface area contributed by atoms with E-state index in [-0.39, 0.29) is 6.09 Å². The number of likely N-dealkylation sites (tertiary alicyclic amines) is 1. The van der Waals surface area contributed by atoms with Crippen molar-refractivity contribution in [3.8, 4) is 0 Å². The van der Waals surface area contributed by atoms with E-state index in [2.05, 4.69) is 46.3 Å². The summed E-state index contributed by atoms with van der Waals surface area (Å²) in [5.41, 5.74) is 1.03. The van der Waals surface area contributed by atoms with E-state index in [0.29, 0.717) is 43.2 Å². The minimum absolute atomic E-state index is 0.185. The zero-order valence-electron chi connectivity index (χ0n) is 13.0. The van der Waals surface area contributed by atoms with Crippen LogP contribution in [0.25, 0.3) is 0 Å². The van der Waals surface area contributed by atoms with Crippen molar-refractivity contribution in [1.82, 2.24) is 4.90 Å². The number of benzene rings is 2. The molecule has 2 aromatic carbocycles. The zero-order valence-corrected chi connectivity index (χ0v) is 16.3. The summed E-state index contributed by atoms with van der Waals surface area (Å²) in [6, 6.07) is 20.8. The standard InChI is InChI=1S/C19H18BrNO2Se/c20-16-17-15(18(16)24-14-9-5-2-6-10-14)11-21(17)19(22)23-12-13-7-3-1-4-8-13/h1-10,15-18H,11-12H2/t15-,16+,17+,18+/m0/s1. The van der Waals surface area contributed by atoms with Crippen LogP contribution in [-0.2, 0) is 11.3 Å². The van der Waals surface area contributed by atoms with Gasteiger partial charge in [0.2, 0.25) is 0 Å². The number of rotatable bonds is 4. The van der Waals surface area contributed by atoms with Crippen LogP contribution in [0.3, 0.4) is 0 Å². The number of piperidine rings is 1. The Morgan fingerprint density at radius 3 is 2.46 bits per heavy atom. The number of hydrogen-bond acceptors (Lipinski definition) is 2. The van der Waals surface area contributed by atoms with E-state index in [1.165, 1.54) is 4.46 Å². The van der Waals surface area contributed by atoms with E-state index in [4.69, 9.17) is 4.74 Å². The SMILES string of the molecule is O=C(OCc1ccccc1)N1C[C@@H]2[C@@H]([Se]c3ccccc3)[C@H](Br)[C@@H]21. The topological polar surface area (TPSA) is 29.5 Å². The van der Waals surface area contributed by atoms with Crippen LogP contribution in [0.4, 0.5) is 4.79 Å². The molecule has 0 unspecified atom stereocenters. The molecule has 0 radical (unpaired) electrons. The first kappa shape index (κ1) is 16.2. The van der Waals surface area contributed by atoms with Gasteiger partial charge in [-0.05, 0) is 0 Å². The van der Waals surface area contributed by atoms with Gasteiger partial charge in [-0.15, -0.1) is 0 Å². The van der Waals surface area contributed by atoms with E-state index in [1.54, 1.807) is 0 Å². The molecule has 5 heteroatoms. The molecule has 0 N–H and O–H groups in total. The number of carbonyl (C=O) groups excluding carboxylic acids is 1. The van der Waals surface area contributed by atoms with Crippen molar-refractivity contribution in [2.24, 2.45) is 5.92 Å². The molecule has 2 aliphatic rings. The van der Waals surface area contributed by atoms with Crippen molar-refractivity contribution in [2.45, 2.75) is 22.3 Å². The maximum atomic E-state index is 12.3. The molecule has 4 atom stereocenters. The molecule has 1 aliphatic carbocycles. The molecule has 1 aliphatic heterocycles. The monoisotopic (exact) mass is 451 g/mol. The Morgan fingerprint density at radius 2 is 1.79 bits per heavy atom. The normalized spacial score (nSPS) is 27.6. The number of amides is 1. The number of ether oxygens (including phenoxy) is 1. The Bertz CT molecular complexity index is 706. The van der Waals surface area contributed by atoms with Gasteiger partial charge in [-0.25, -0.2) is 0 Å². The van der Waals surface area contributed by atoms with E-state index < -0.39 is 0 Å². The van der Waals surface area contributed by atoms with E-state index in [0.717, 1.165) is 12.1 Å². The molecule has 1 saturated carbocycles. The maximum absolute atomic E-state index is 12.3. The molecule has 24 heavy (non-hydrogen) atoms. The van der Waals surface area contributed by atoms with Crippen LogP contribution in [0.2, 0.25) is 4.82 Å². The third-order valence-corrected chi connectivity index (χ3v) is 9.68. The van der Waals surface area contributed by atoms with Gasteiger partial charge in [-0.2, -0.15) is 0 Å². The molecular formula is C19H18BrNO2Se. The number of fused-ring (bicyclic) bond motifs is 1. The molecule has 2 aromatic rings. The summed E-state index contributed by atoms with van der Waals surface area (Å²) in [5.74, 6) is 0.624. The average molecular weight is 451 g/mol. The molecular weight excluding hydrogens is 433 g/mol. The molecule has 1 amide bonds. The third kappa shape index (κ3) is 3.01. The fourth-order valence-corrected chi connectivity index (χ4v) is 7.79. The van der Waals surface area contributed by atoms with Crippen molar-refractivity contribution in [2.75, 3.05) is 6.54 Å². The van der Waals surface area contributed by atoms with Crippen LogP contribution < -0.4 is 4.46 Å². The van der Waals surface area contributed by atoms with Crippen LogP contribution in [0.5, 0.6) is 0 Å². The van der Waals surface area contributed by atoms with Crippen LogP contribution in [0.15, 0.2) is 60.7 Å². The van der Waals surface area contributed by atoms with Crippen LogP contribution in [0, 0.1) is 5.92 Å². The van der Waals surface area contributed by atoms with Gasteiger partial charge in [0, 0.05) is 0 Å². The van der Waals surface area contributed by atoms with Crippen LogP contribution in [0.1, 0.15) is 5.56 Å². The summed E-state index contributed by atoms with van der Waals surface area (Å²) >= 11 is 4.27. The Hall–Kier alpha value is -1.29. The van der Waals surface area contributed by atoms with E-state index in [1.807, 2.05) is 35.2 Å². The third-order valence-electron chi connectivity index (χ3n) is 4.72. The van der Waals surface area contributed by atoms with Gasteiger partial charge >= 0.3 is 157 Å². The van der Waals surface area contributed by atoms with Crippen molar-refractivity contribution < 1.29 is 9.53 Å². The van der Waals surface area contributed by atoms with Crippen molar-refractivity contribution in [3.63, 3.8) is 0 Å². The van der Waals surface area contributed by atoms with Gasteiger partial charge in [-0.3, -0.25) is 0 Å². The number of alkyl halides is 1. The quantitative estimate of drug-likeness (QED) is 0.528. The van der Waals surface area contributed by atoms with Gasteiger partial charge in [-0.1, -0.05) is 0 Å². The molecule has 3 nitrogen and oxygen atoms in total. The van der Waals surface area contributed by atoms with E-state index >= 15 is 0 Å². The van der Waals surface area contributed by atoms with Crippen molar-refractivity contribution >= 4 is 41.4 Å².